The lowest BCUT2D eigenvalue weighted by Gasteiger charge is -2.19. The van der Waals surface area contributed by atoms with Crippen molar-refractivity contribution in [3.8, 4) is 0 Å². The summed E-state index contributed by atoms with van der Waals surface area (Å²) in [6.45, 7) is 4.00. The van der Waals surface area contributed by atoms with E-state index in [-0.39, 0.29) is 0 Å². The topological polar surface area (TPSA) is 0 Å². The van der Waals surface area contributed by atoms with Gasteiger partial charge in [-0.15, -0.1) is 5.73 Å². The minimum atomic E-state index is 1.32. The van der Waals surface area contributed by atoms with Gasteiger partial charge >= 0.3 is 0 Å². The predicted molar refractivity (Wildman–Crippen MR) is 78.3 cm³/mol. The second-order valence-corrected chi connectivity index (χ2v) is 5.38. The SMILES string of the molecule is C1=CC=C2Sc3ccccc3SC2=CC=1.CC. The average Bonchev–Trinajstić information content (AvgIpc) is 2.63. The molecule has 1 aliphatic heterocycles. The van der Waals surface area contributed by atoms with Crippen molar-refractivity contribution in [3.63, 3.8) is 0 Å². The van der Waals surface area contributed by atoms with Crippen LogP contribution in [0.5, 0.6) is 0 Å². The Balaban J connectivity index is 0.000000514. The third-order valence-electron chi connectivity index (χ3n) is 2.19. The molecule has 0 spiro atoms. The van der Waals surface area contributed by atoms with Gasteiger partial charge in [0, 0.05) is 19.6 Å². The minimum Gasteiger partial charge on any atom is -0.121 e. The van der Waals surface area contributed by atoms with E-state index in [9.17, 15) is 0 Å². The van der Waals surface area contributed by atoms with Crippen molar-refractivity contribution in [1.82, 2.24) is 0 Å². The normalized spacial score (nSPS) is 15.6. The molecule has 0 saturated carbocycles. The highest BCUT2D eigenvalue weighted by atomic mass is 32.2. The number of hydrogen-bond acceptors (Lipinski definition) is 2. The van der Waals surface area contributed by atoms with Gasteiger partial charge in [0.2, 0.25) is 0 Å². The molecule has 0 N–H and O–H groups in total. The predicted octanol–water partition coefficient (Wildman–Crippen LogP) is 5.40. The molecule has 0 amide bonds. The van der Waals surface area contributed by atoms with Crippen LogP contribution in [-0.4, -0.2) is 0 Å². The summed E-state index contributed by atoms with van der Waals surface area (Å²) in [4.78, 5) is 5.34. The average molecular weight is 258 g/mol. The molecule has 0 fully saturated rings. The first kappa shape index (κ1) is 12.4. The first-order chi connectivity index (χ1) is 8.43. The molecular weight excluding hydrogens is 244 g/mol. The van der Waals surface area contributed by atoms with Crippen LogP contribution in [0.1, 0.15) is 13.8 Å². The number of rotatable bonds is 0. The molecule has 86 valence electrons. The van der Waals surface area contributed by atoms with Gasteiger partial charge in [0.05, 0.1) is 0 Å². The van der Waals surface area contributed by atoms with Crippen LogP contribution >= 0.6 is 23.5 Å². The number of thioether (sulfide) groups is 2. The third kappa shape index (κ3) is 2.78. The molecular formula is C15H14S2. The maximum atomic E-state index is 3.10. The van der Waals surface area contributed by atoms with E-state index in [1.807, 2.05) is 49.5 Å². The molecule has 0 nitrogen and oxygen atoms in total. The summed E-state index contributed by atoms with van der Waals surface area (Å²) >= 11 is 3.67. The molecule has 0 atom stereocenters. The Bertz CT molecular complexity index is 485. The maximum Gasteiger partial charge on any atom is 0.0268 e. The van der Waals surface area contributed by atoms with Gasteiger partial charge in [0.1, 0.15) is 0 Å². The van der Waals surface area contributed by atoms with Gasteiger partial charge in [-0.25, -0.2) is 0 Å². The fourth-order valence-electron chi connectivity index (χ4n) is 1.49. The van der Waals surface area contributed by atoms with Crippen LogP contribution in [0.3, 0.4) is 0 Å². The second kappa shape index (κ2) is 6.02. The summed E-state index contributed by atoms with van der Waals surface area (Å²) < 4.78 is 0. The Kier molecular flexibility index (Phi) is 4.38. The molecule has 0 aromatic heterocycles. The fraction of sp³-hybridized carbons (Fsp3) is 0.133. The number of allylic oxidation sites excluding steroid dienone is 3. The molecule has 0 saturated heterocycles. The second-order valence-electron chi connectivity index (χ2n) is 3.21. The highest BCUT2D eigenvalue weighted by Gasteiger charge is 2.18. The standard InChI is InChI=1S/C13H8S2.C2H6/c1-2-6-10-11(7-3-1)15-13-9-5-4-8-12(13)14-10;1-2/h2-9H;1-2H3. The van der Waals surface area contributed by atoms with E-state index < -0.39 is 0 Å². The van der Waals surface area contributed by atoms with Crippen LogP contribution in [0, 0.1) is 0 Å². The van der Waals surface area contributed by atoms with Gasteiger partial charge < -0.3 is 0 Å². The molecule has 3 rings (SSSR count). The van der Waals surface area contributed by atoms with E-state index in [4.69, 9.17) is 0 Å². The lowest BCUT2D eigenvalue weighted by molar-refractivity contribution is 1.25. The first-order valence-corrected chi connectivity index (χ1v) is 7.35. The Morgan fingerprint density at radius 2 is 1.29 bits per heavy atom. The minimum absolute atomic E-state index is 1.32. The van der Waals surface area contributed by atoms with E-state index in [1.54, 1.807) is 0 Å². The summed E-state index contributed by atoms with van der Waals surface area (Å²) in [5.41, 5.74) is 3.10. The van der Waals surface area contributed by atoms with E-state index >= 15 is 0 Å². The van der Waals surface area contributed by atoms with Crippen molar-refractivity contribution >= 4 is 23.5 Å². The van der Waals surface area contributed by atoms with Crippen LogP contribution in [0.25, 0.3) is 0 Å². The Morgan fingerprint density at radius 3 is 1.76 bits per heavy atom. The summed E-state index contributed by atoms with van der Waals surface area (Å²) in [5, 5.41) is 0. The van der Waals surface area contributed by atoms with Crippen molar-refractivity contribution < 1.29 is 0 Å². The van der Waals surface area contributed by atoms with Crippen molar-refractivity contribution in [2.75, 3.05) is 0 Å². The monoisotopic (exact) mass is 258 g/mol. The summed E-state index contributed by atoms with van der Waals surface area (Å²) in [6, 6.07) is 8.53. The maximum absolute atomic E-state index is 3.10. The van der Waals surface area contributed by atoms with Crippen LogP contribution in [0.2, 0.25) is 0 Å². The lowest BCUT2D eigenvalue weighted by atomic mass is 10.4. The van der Waals surface area contributed by atoms with E-state index in [1.165, 1.54) is 19.6 Å². The third-order valence-corrected chi connectivity index (χ3v) is 4.76. The molecule has 2 aliphatic rings. The number of fused-ring (bicyclic) bond motifs is 2. The van der Waals surface area contributed by atoms with Crippen molar-refractivity contribution in [3.05, 3.63) is 64.1 Å². The Morgan fingerprint density at radius 1 is 0.824 bits per heavy atom. The number of benzene rings is 1. The van der Waals surface area contributed by atoms with Gasteiger partial charge in [0.15, 0.2) is 0 Å². The van der Waals surface area contributed by atoms with Crippen LogP contribution in [-0.2, 0) is 0 Å². The first-order valence-electron chi connectivity index (χ1n) is 5.72. The van der Waals surface area contributed by atoms with Crippen LogP contribution in [0.4, 0.5) is 0 Å². The fourth-order valence-corrected chi connectivity index (χ4v) is 3.71. The van der Waals surface area contributed by atoms with E-state index in [0.717, 1.165) is 0 Å². The molecule has 1 aromatic rings. The van der Waals surface area contributed by atoms with Crippen molar-refractivity contribution in [2.24, 2.45) is 0 Å². The molecule has 0 unspecified atom stereocenters. The lowest BCUT2D eigenvalue weighted by Crippen LogP contribution is -1.90. The molecule has 1 aromatic carbocycles. The van der Waals surface area contributed by atoms with Crippen molar-refractivity contribution in [2.45, 2.75) is 23.6 Å². The molecule has 2 heteroatoms. The van der Waals surface area contributed by atoms with Gasteiger partial charge in [0.25, 0.3) is 0 Å². The van der Waals surface area contributed by atoms with Crippen molar-refractivity contribution in [1.29, 1.82) is 0 Å². The zero-order chi connectivity index (χ0) is 12.1. The molecule has 17 heavy (non-hydrogen) atoms. The highest BCUT2D eigenvalue weighted by molar-refractivity contribution is 8.11. The quantitative estimate of drug-likeness (QED) is 0.571. The molecule has 1 heterocycles. The van der Waals surface area contributed by atoms with Crippen LogP contribution in [0.15, 0.2) is 73.9 Å². The smallest absolute Gasteiger partial charge is 0.0268 e. The van der Waals surface area contributed by atoms with Gasteiger partial charge in [-0.3, -0.25) is 0 Å². The largest absolute Gasteiger partial charge is 0.121 e. The zero-order valence-corrected chi connectivity index (χ0v) is 11.6. The highest BCUT2D eigenvalue weighted by Crippen LogP contribution is 2.49. The molecule has 0 radical (unpaired) electrons. The van der Waals surface area contributed by atoms with Gasteiger partial charge in [-0.05, 0) is 36.4 Å². The summed E-state index contributed by atoms with van der Waals surface area (Å²) in [7, 11) is 0. The van der Waals surface area contributed by atoms with Crippen LogP contribution < -0.4 is 0 Å². The van der Waals surface area contributed by atoms with E-state index in [0.29, 0.717) is 0 Å². The van der Waals surface area contributed by atoms with Gasteiger partial charge in [-0.2, -0.15) is 0 Å². The zero-order valence-electron chi connectivity index (χ0n) is 9.94. The van der Waals surface area contributed by atoms with Gasteiger partial charge in [-0.1, -0.05) is 49.5 Å². The Labute approximate surface area is 111 Å². The molecule has 1 aliphatic carbocycles. The van der Waals surface area contributed by atoms with E-state index in [2.05, 4.69) is 42.1 Å². The summed E-state index contributed by atoms with van der Waals surface area (Å²) in [5.74, 6) is 0. The summed E-state index contributed by atoms with van der Waals surface area (Å²) in [6.07, 6.45) is 8.20. The number of hydrogen-bond donors (Lipinski definition) is 0. The molecule has 0 bridgehead atoms. The Hall–Kier alpha value is -1.08.